The highest BCUT2D eigenvalue weighted by Gasteiger charge is 2.46. The molecule has 0 amide bonds. The third-order valence-corrected chi connectivity index (χ3v) is 3.62. The van der Waals surface area contributed by atoms with Crippen LogP contribution in [0.15, 0.2) is 12.2 Å². The topological polar surface area (TPSA) is 17.1 Å². The first-order valence-corrected chi connectivity index (χ1v) is 4.84. The summed E-state index contributed by atoms with van der Waals surface area (Å²) in [5, 5.41) is 0. The Morgan fingerprint density at radius 1 is 1.42 bits per heavy atom. The molecule has 12 heavy (non-hydrogen) atoms. The molecular weight excluding hydrogens is 148 g/mol. The van der Waals surface area contributed by atoms with Crippen LogP contribution in [0.1, 0.15) is 39.0 Å². The molecule has 2 atom stereocenters. The monoisotopic (exact) mass is 164 g/mol. The Balaban J connectivity index is 2.32. The Kier molecular flexibility index (Phi) is 1.64. The predicted molar refractivity (Wildman–Crippen MR) is 48.8 cm³/mol. The largest absolute Gasteiger partial charge is 0.299 e. The van der Waals surface area contributed by atoms with Gasteiger partial charge in [-0.15, -0.1) is 0 Å². The standard InChI is InChI=1S/C11H16O/c1-8-5-7-11(2)6-3-4-9(12)10(8)11/h10H,1,3-7H2,2H3. The van der Waals surface area contributed by atoms with Crippen LogP contribution < -0.4 is 0 Å². The molecule has 1 heteroatoms. The number of allylic oxidation sites excluding steroid dienone is 1. The van der Waals surface area contributed by atoms with Gasteiger partial charge in [-0.2, -0.15) is 0 Å². The summed E-state index contributed by atoms with van der Waals surface area (Å²) < 4.78 is 0. The molecule has 2 aliphatic rings. The lowest BCUT2D eigenvalue weighted by atomic mass is 9.68. The Morgan fingerprint density at radius 2 is 2.17 bits per heavy atom. The number of Topliss-reactive ketones (excluding diaryl/α,β-unsaturated/α-hetero) is 1. The van der Waals surface area contributed by atoms with Gasteiger partial charge in [-0.25, -0.2) is 0 Å². The van der Waals surface area contributed by atoms with Gasteiger partial charge < -0.3 is 0 Å². The molecule has 0 spiro atoms. The van der Waals surface area contributed by atoms with E-state index in [0.29, 0.717) is 5.78 Å². The van der Waals surface area contributed by atoms with Crippen molar-refractivity contribution >= 4 is 5.78 Å². The molecule has 2 saturated carbocycles. The van der Waals surface area contributed by atoms with Gasteiger partial charge in [0.05, 0.1) is 0 Å². The predicted octanol–water partition coefficient (Wildman–Crippen LogP) is 2.71. The van der Waals surface area contributed by atoms with Crippen molar-refractivity contribution in [2.75, 3.05) is 0 Å². The molecule has 2 aliphatic carbocycles. The van der Waals surface area contributed by atoms with E-state index in [0.717, 1.165) is 19.3 Å². The van der Waals surface area contributed by atoms with Gasteiger partial charge in [-0.05, 0) is 31.1 Å². The minimum Gasteiger partial charge on any atom is -0.299 e. The Bertz CT molecular complexity index is 241. The van der Waals surface area contributed by atoms with Crippen molar-refractivity contribution in [3.05, 3.63) is 12.2 Å². The Morgan fingerprint density at radius 3 is 2.83 bits per heavy atom. The zero-order chi connectivity index (χ0) is 8.77. The molecule has 2 rings (SSSR count). The maximum atomic E-state index is 11.6. The number of hydrogen-bond acceptors (Lipinski definition) is 1. The van der Waals surface area contributed by atoms with E-state index in [9.17, 15) is 4.79 Å². The van der Waals surface area contributed by atoms with Crippen molar-refractivity contribution in [2.24, 2.45) is 11.3 Å². The molecule has 2 unspecified atom stereocenters. The van der Waals surface area contributed by atoms with E-state index in [4.69, 9.17) is 0 Å². The van der Waals surface area contributed by atoms with Gasteiger partial charge >= 0.3 is 0 Å². The van der Waals surface area contributed by atoms with E-state index in [-0.39, 0.29) is 11.3 Å². The number of ketones is 1. The summed E-state index contributed by atoms with van der Waals surface area (Å²) in [4.78, 5) is 11.6. The van der Waals surface area contributed by atoms with Crippen LogP contribution >= 0.6 is 0 Å². The van der Waals surface area contributed by atoms with Crippen molar-refractivity contribution in [3.63, 3.8) is 0 Å². The third-order valence-electron chi connectivity index (χ3n) is 3.62. The van der Waals surface area contributed by atoms with Crippen molar-refractivity contribution < 1.29 is 4.79 Å². The summed E-state index contributed by atoms with van der Waals surface area (Å²) in [6, 6.07) is 0. The molecule has 0 aromatic rings. The lowest BCUT2D eigenvalue weighted by molar-refractivity contribution is -0.127. The second-order valence-corrected chi connectivity index (χ2v) is 4.57. The first-order chi connectivity index (χ1) is 5.63. The second-order valence-electron chi connectivity index (χ2n) is 4.57. The van der Waals surface area contributed by atoms with Crippen molar-refractivity contribution in [1.82, 2.24) is 0 Å². The van der Waals surface area contributed by atoms with Crippen molar-refractivity contribution in [1.29, 1.82) is 0 Å². The first-order valence-electron chi connectivity index (χ1n) is 4.84. The first kappa shape index (κ1) is 8.03. The summed E-state index contributed by atoms with van der Waals surface area (Å²) >= 11 is 0. The number of carbonyl (C=O) groups is 1. The molecule has 0 N–H and O–H groups in total. The number of hydrogen-bond donors (Lipinski definition) is 0. The molecule has 0 saturated heterocycles. The zero-order valence-corrected chi connectivity index (χ0v) is 7.73. The molecular formula is C11H16O. The Hall–Kier alpha value is -0.590. The summed E-state index contributed by atoms with van der Waals surface area (Å²) in [7, 11) is 0. The SMILES string of the molecule is C=C1CCC2(C)CCCC(=O)C12. The summed E-state index contributed by atoms with van der Waals surface area (Å²) in [5.74, 6) is 0.664. The highest BCUT2D eigenvalue weighted by molar-refractivity contribution is 5.85. The molecule has 0 aromatic carbocycles. The molecule has 0 heterocycles. The van der Waals surface area contributed by atoms with Gasteiger partial charge in [0.1, 0.15) is 5.78 Å². The Labute approximate surface area is 73.8 Å². The molecule has 0 aliphatic heterocycles. The van der Waals surface area contributed by atoms with Crippen molar-refractivity contribution in [3.8, 4) is 0 Å². The minimum atomic E-state index is 0.214. The highest BCUT2D eigenvalue weighted by atomic mass is 16.1. The van der Waals surface area contributed by atoms with Crippen LogP contribution in [0.5, 0.6) is 0 Å². The van der Waals surface area contributed by atoms with Crippen LogP contribution in [0, 0.1) is 11.3 Å². The summed E-state index contributed by atoms with van der Waals surface area (Å²) in [6.45, 7) is 6.27. The molecule has 0 bridgehead atoms. The minimum absolute atomic E-state index is 0.214. The number of carbonyl (C=O) groups excluding carboxylic acids is 1. The van der Waals surface area contributed by atoms with Gasteiger partial charge in [0, 0.05) is 12.3 Å². The fourth-order valence-corrected chi connectivity index (χ4v) is 2.92. The molecule has 0 radical (unpaired) electrons. The van der Waals surface area contributed by atoms with Crippen LogP contribution in [0.25, 0.3) is 0 Å². The summed E-state index contributed by atoms with van der Waals surface area (Å²) in [6.07, 6.45) is 5.37. The van der Waals surface area contributed by atoms with Gasteiger partial charge in [0.15, 0.2) is 0 Å². The average Bonchev–Trinajstić information content (AvgIpc) is 2.29. The molecule has 66 valence electrons. The van der Waals surface area contributed by atoms with Gasteiger partial charge in [-0.3, -0.25) is 4.79 Å². The highest BCUT2D eigenvalue weighted by Crippen LogP contribution is 2.52. The molecule has 1 nitrogen and oxygen atoms in total. The van der Waals surface area contributed by atoms with E-state index in [1.54, 1.807) is 0 Å². The van der Waals surface area contributed by atoms with E-state index >= 15 is 0 Å². The van der Waals surface area contributed by atoms with Crippen LogP contribution in [-0.2, 0) is 4.79 Å². The van der Waals surface area contributed by atoms with Crippen LogP contribution in [0.4, 0.5) is 0 Å². The third kappa shape index (κ3) is 0.954. The van der Waals surface area contributed by atoms with E-state index in [1.165, 1.54) is 18.4 Å². The number of rotatable bonds is 0. The normalized spacial score (nSPS) is 41.6. The fraction of sp³-hybridized carbons (Fsp3) is 0.727. The zero-order valence-electron chi connectivity index (χ0n) is 7.73. The molecule has 0 aromatic heterocycles. The summed E-state index contributed by atoms with van der Waals surface area (Å²) in [5.41, 5.74) is 1.48. The maximum Gasteiger partial charge on any atom is 0.140 e. The second kappa shape index (κ2) is 2.45. The van der Waals surface area contributed by atoms with E-state index in [1.807, 2.05) is 0 Å². The van der Waals surface area contributed by atoms with Gasteiger partial charge in [-0.1, -0.05) is 19.1 Å². The lowest BCUT2D eigenvalue weighted by Crippen LogP contribution is -2.33. The van der Waals surface area contributed by atoms with Gasteiger partial charge in [0.2, 0.25) is 0 Å². The van der Waals surface area contributed by atoms with Crippen LogP contribution in [0.3, 0.4) is 0 Å². The number of fused-ring (bicyclic) bond motifs is 1. The van der Waals surface area contributed by atoms with Crippen molar-refractivity contribution in [2.45, 2.75) is 39.0 Å². The molecule has 2 fully saturated rings. The van der Waals surface area contributed by atoms with E-state index < -0.39 is 0 Å². The maximum absolute atomic E-state index is 11.6. The van der Waals surface area contributed by atoms with Crippen LogP contribution in [-0.4, -0.2) is 5.78 Å². The van der Waals surface area contributed by atoms with Gasteiger partial charge in [0.25, 0.3) is 0 Å². The lowest BCUT2D eigenvalue weighted by Gasteiger charge is -2.35. The quantitative estimate of drug-likeness (QED) is 0.503. The smallest absolute Gasteiger partial charge is 0.140 e. The van der Waals surface area contributed by atoms with E-state index in [2.05, 4.69) is 13.5 Å². The fourth-order valence-electron chi connectivity index (χ4n) is 2.92. The van der Waals surface area contributed by atoms with Crippen LogP contribution in [0.2, 0.25) is 0 Å². The average molecular weight is 164 g/mol.